The van der Waals surface area contributed by atoms with E-state index in [-0.39, 0.29) is 6.61 Å². The van der Waals surface area contributed by atoms with Gasteiger partial charge in [0.15, 0.2) is 0 Å². The van der Waals surface area contributed by atoms with Crippen molar-refractivity contribution in [2.75, 3.05) is 0 Å². The van der Waals surface area contributed by atoms with E-state index in [2.05, 4.69) is 4.89 Å². The van der Waals surface area contributed by atoms with Crippen LogP contribution in [0.25, 0.3) is 0 Å². The summed E-state index contributed by atoms with van der Waals surface area (Å²) in [5.74, 6) is 0. The van der Waals surface area contributed by atoms with Gasteiger partial charge in [0.05, 0.1) is 0 Å². The second-order valence-electron chi connectivity index (χ2n) is 2.05. The molecular weight excluding hydrogens is 187 g/mol. The Kier molecular flexibility index (Phi) is 3.15. The molecule has 0 bridgehead atoms. The molecule has 1 N–H and O–H groups in total. The average Bonchev–Trinajstić information content (AvgIpc) is 1.85. The van der Waals surface area contributed by atoms with Gasteiger partial charge in [0.2, 0.25) is 0 Å². The molecule has 0 aliphatic heterocycles. The van der Waals surface area contributed by atoms with Crippen molar-refractivity contribution in [3.05, 3.63) is 33.8 Å². The second kappa shape index (κ2) is 3.93. The van der Waals surface area contributed by atoms with Crippen molar-refractivity contribution in [1.29, 1.82) is 0 Å². The zero-order chi connectivity index (χ0) is 8.27. The summed E-state index contributed by atoms with van der Waals surface area (Å²) in [5, 5.41) is 9.18. The minimum Gasteiger partial charge on any atom is -0.251 e. The summed E-state index contributed by atoms with van der Waals surface area (Å²) in [6, 6.07) is 4.96. The fourth-order valence-electron chi connectivity index (χ4n) is 0.769. The van der Waals surface area contributed by atoms with Gasteiger partial charge in [-0.2, -0.15) is 0 Å². The van der Waals surface area contributed by atoms with E-state index in [0.717, 1.165) is 5.56 Å². The zero-order valence-electron chi connectivity index (χ0n) is 5.55. The van der Waals surface area contributed by atoms with Gasteiger partial charge in [0, 0.05) is 10.0 Å². The number of hydrogen-bond donors (Lipinski definition) is 1. The highest BCUT2D eigenvalue weighted by Gasteiger charge is 1.97. The third kappa shape index (κ3) is 2.67. The van der Waals surface area contributed by atoms with Crippen molar-refractivity contribution < 1.29 is 10.1 Å². The van der Waals surface area contributed by atoms with Gasteiger partial charge in [-0.3, -0.25) is 5.26 Å². The Hall–Kier alpha value is -0.280. The molecule has 0 radical (unpaired) electrons. The van der Waals surface area contributed by atoms with Crippen LogP contribution in [0.1, 0.15) is 5.56 Å². The minimum atomic E-state index is 0.0975. The van der Waals surface area contributed by atoms with Crippen molar-refractivity contribution in [2.24, 2.45) is 0 Å². The quantitative estimate of drug-likeness (QED) is 0.577. The number of hydrogen-bond acceptors (Lipinski definition) is 2. The molecule has 0 amide bonds. The molecule has 4 heteroatoms. The average molecular weight is 193 g/mol. The van der Waals surface area contributed by atoms with Gasteiger partial charge in [-0.1, -0.05) is 23.2 Å². The van der Waals surface area contributed by atoms with Crippen LogP contribution >= 0.6 is 23.2 Å². The second-order valence-corrected chi connectivity index (χ2v) is 2.92. The van der Waals surface area contributed by atoms with Crippen molar-refractivity contribution in [3.8, 4) is 0 Å². The van der Waals surface area contributed by atoms with Crippen LogP contribution in [0.15, 0.2) is 18.2 Å². The predicted octanol–water partition coefficient (Wildman–Crippen LogP) is 2.98. The molecule has 0 aromatic heterocycles. The van der Waals surface area contributed by atoms with E-state index < -0.39 is 0 Å². The van der Waals surface area contributed by atoms with E-state index >= 15 is 0 Å². The molecular formula is C7H6Cl2O2. The standard InChI is InChI=1S/C7H6Cl2O2/c8-6-1-5(4-11-10)2-7(9)3-6/h1-3,10H,4H2. The van der Waals surface area contributed by atoms with Gasteiger partial charge in [0.1, 0.15) is 6.61 Å². The fourth-order valence-corrected chi connectivity index (χ4v) is 1.34. The third-order valence-electron chi connectivity index (χ3n) is 1.15. The van der Waals surface area contributed by atoms with Crippen LogP contribution in [0, 0.1) is 0 Å². The van der Waals surface area contributed by atoms with Crippen molar-refractivity contribution in [2.45, 2.75) is 6.61 Å². The predicted molar refractivity (Wildman–Crippen MR) is 43.9 cm³/mol. The summed E-state index contributed by atoms with van der Waals surface area (Å²) < 4.78 is 0. The topological polar surface area (TPSA) is 29.5 Å². The fraction of sp³-hybridized carbons (Fsp3) is 0.143. The molecule has 0 unspecified atom stereocenters. The molecule has 0 aliphatic carbocycles. The van der Waals surface area contributed by atoms with E-state index in [1.54, 1.807) is 18.2 Å². The summed E-state index contributed by atoms with van der Waals surface area (Å²) in [4.78, 5) is 3.92. The monoisotopic (exact) mass is 192 g/mol. The molecule has 60 valence electrons. The Morgan fingerprint density at radius 2 is 1.73 bits per heavy atom. The van der Waals surface area contributed by atoms with Crippen LogP contribution in [0.4, 0.5) is 0 Å². The Bertz CT molecular complexity index is 230. The van der Waals surface area contributed by atoms with Crippen LogP contribution in [0.5, 0.6) is 0 Å². The van der Waals surface area contributed by atoms with E-state index in [0.29, 0.717) is 10.0 Å². The molecule has 2 nitrogen and oxygen atoms in total. The van der Waals surface area contributed by atoms with Crippen molar-refractivity contribution in [1.82, 2.24) is 0 Å². The highest BCUT2D eigenvalue weighted by molar-refractivity contribution is 6.34. The normalized spacial score (nSPS) is 10.1. The van der Waals surface area contributed by atoms with Crippen molar-refractivity contribution in [3.63, 3.8) is 0 Å². The van der Waals surface area contributed by atoms with Crippen LogP contribution < -0.4 is 0 Å². The summed E-state index contributed by atoms with van der Waals surface area (Å²) in [6.07, 6.45) is 0. The summed E-state index contributed by atoms with van der Waals surface area (Å²) in [5.41, 5.74) is 0.741. The maximum Gasteiger partial charge on any atom is 0.107 e. The highest BCUT2D eigenvalue weighted by atomic mass is 35.5. The Morgan fingerprint density at radius 3 is 2.18 bits per heavy atom. The third-order valence-corrected chi connectivity index (χ3v) is 1.59. The molecule has 1 aromatic carbocycles. The Morgan fingerprint density at radius 1 is 1.18 bits per heavy atom. The molecule has 0 fully saturated rings. The first-order valence-corrected chi connectivity index (χ1v) is 3.69. The molecule has 0 atom stereocenters. The molecule has 1 rings (SSSR count). The van der Waals surface area contributed by atoms with Crippen molar-refractivity contribution >= 4 is 23.2 Å². The lowest BCUT2D eigenvalue weighted by molar-refractivity contribution is -0.253. The van der Waals surface area contributed by atoms with Gasteiger partial charge >= 0.3 is 0 Å². The number of benzene rings is 1. The van der Waals surface area contributed by atoms with E-state index in [9.17, 15) is 0 Å². The lowest BCUT2D eigenvalue weighted by atomic mass is 10.2. The van der Waals surface area contributed by atoms with Crippen LogP contribution in [0.3, 0.4) is 0 Å². The number of rotatable bonds is 2. The molecule has 1 aromatic rings. The van der Waals surface area contributed by atoms with Crippen LogP contribution in [-0.4, -0.2) is 5.26 Å². The summed E-state index contributed by atoms with van der Waals surface area (Å²) in [6.45, 7) is 0.0975. The van der Waals surface area contributed by atoms with Gasteiger partial charge in [-0.05, 0) is 23.8 Å². The first kappa shape index (κ1) is 8.81. The molecule has 0 spiro atoms. The molecule has 11 heavy (non-hydrogen) atoms. The lowest BCUT2D eigenvalue weighted by Gasteiger charge is -1.99. The van der Waals surface area contributed by atoms with E-state index in [1.807, 2.05) is 0 Å². The van der Waals surface area contributed by atoms with Gasteiger partial charge in [-0.25, -0.2) is 4.89 Å². The first-order valence-electron chi connectivity index (χ1n) is 2.93. The maximum atomic E-state index is 8.12. The molecule has 0 saturated carbocycles. The first-order chi connectivity index (χ1) is 5.22. The Balaban J connectivity index is 2.89. The molecule has 0 heterocycles. The van der Waals surface area contributed by atoms with Gasteiger partial charge in [-0.15, -0.1) is 0 Å². The SMILES string of the molecule is OOCc1cc(Cl)cc(Cl)c1. The van der Waals surface area contributed by atoms with Crippen LogP contribution in [-0.2, 0) is 11.5 Å². The highest BCUT2D eigenvalue weighted by Crippen LogP contribution is 2.19. The van der Waals surface area contributed by atoms with E-state index in [1.165, 1.54) is 0 Å². The van der Waals surface area contributed by atoms with Crippen LogP contribution in [0.2, 0.25) is 10.0 Å². The summed E-state index contributed by atoms with van der Waals surface area (Å²) >= 11 is 11.3. The summed E-state index contributed by atoms with van der Waals surface area (Å²) in [7, 11) is 0. The largest absolute Gasteiger partial charge is 0.251 e. The minimum absolute atomic E-state index is 0.0975. The van der Waals surface area contributed by atoms with Gasteiger partial charge < -0.3 is 0 Å². The maximum absolute atomic E-state index is 8.12. The Labute approximate surface area is 74.2 Å². The molecule has 0 aliphatic rings. The van der Waals surface area contributed by atoms with Gasteiger partial charge in [0.25, 0.3) is 0 Å². The van der Waals surface area contributed by atoms with E-state index in [4.69, 9.17) is 28.5 Å². The smallest absolute Gasteiger partial charge is 0.107 e. The number of halogens is 2. The zero-order valence-corrected chi connectivity index (χ0v) is 7.06. The molecule has 0 saturated heterocycles. The lowest BCUT2D eigenvalue weighted by Crippen LogP contribution is -1.86.